The lowest BCUT2D eigenvalue weighted by atomic mass is 10.00. The van der Waals surface area contributed by atoms with Gasteiger partial charge in [-0.25, -0.2) is 0 Å². The highest BCUT2D eigenvalue weighted by atomic mass is 16.2. The first kappa shape index (κ1) is 10.6. The summed E-state index contributed by atoms with van der Waals surface area (Å²) in [5, 5.41) is 0. The van der Waals surface area contributed by atoms with Crippen molar-refractivity contribution in [2.45, 2.75) is 25.7 Å². The minimum absolute atomic E-state index is 0.240. The van der Waals surface area contributed by atoms with Crippen LogP contribution in [-0.4, -0.2) is 26.0 Å². The van der Waals surface area contributed by atoms with Gasteiger partial charge in [-0.3, -0.25) is 4.79 Å². The Kier molecular flexibility index (Phi) is 2.54. The van der Waals surface area contributed by atoms with E-state index in [1.807, 2.05) is 11.9 Å². The van der Waals surface area contributed by atoms with Crippen LogP contribution in [-0.2, 0) is 11.2 Å². The maximum absolute atomic E-state index is 11.8. The number of hydrogen-bond donors (Lipinski definition) is 0. The van der Waals surface area contributed by atoms with Crippen molar-refractivity contribution in [2.24, 2.45) is 0 Å². The van der Waals surface area contributed by atoms with Gasteiger partial charge in [-0.1, -0.05) is 12.1 Å². The van der Waals surface area contributed by atoms with Gasteiger partial charge in [0.25, 0.3) is 0 Å². The minimum atomic E-state index is 0.240. The highest BCUT2D eigenvalue weighted by Crippen LogP contribution is 2.37. The number of nitrogens with zero attached hydrogens (tertiary/aromatic N) is 2. The molecule has 1 aromatic rings. The van der Waals surface area contributed by atoms with Crippen molar-refractivity contribution in [3.63, 3.8) is 0 Å². The van der Waals surface area contributed by atoms with Gasteiger partial charge in [0.1, 0.15) is 0 Å². The second-order valence-electron chi connectivity index (χ2n) is 4.93. The normalized spacial score (nSPS) is 19.7. The minimum Gasteiger partial charge on any atom is -0.370 e. The third-order valence-electron chi connectivity index (χ3n) is 3.86. The summed E-state index contributed by atoms with van der Waals surface area (Å²) >= 11 is 0. The number of rotatable bonds is 1. The number of carbonyl (C=O) groups excluding carboxylic acids is 1. The number of para-hydroxylation sites is 1. The van der Waals surface area contributed by atoms with E-state index in [9.17, 15) is 4.79 Å². The highest BCUT2D eigenvalue weighted by molar-refractivity contribution is 5.99. The first-order chi connectivity index (χ1) is 8.27. The predicted octanol–water partition coefficient (Wildman–Crippen LogP) is 2.20. The van der Waals surface area contributed by atoms with Gasteiger partial charge in [-0.15, -0.1) is 0 Å². The lowest BCUT2D eigenvalue weighted by Crippen LogP contribution is -2.33. The van der Waals surface area contributed by atoms with Crippen LogP contribution >= 0.6 is 0 Å². The molecule has 0 spiro atoms. The van der Waals surface area contributed by atoms with Gasteiger partial charge < -0.3 is 9.80 Å². The topological polar surface area (TPSA) is 23.6 Å². The predicted molar refractivity (Wildman–Crippen MR) is 69.6 cm³/mol. The summed E-state index contributed by atoms with van der Waals surface area (Å²) in [5.74, 6) is 0.240. The Morgan fingerprint density at radius 2 is 1.88 bits per heavy atom. The fourth-order valence-corrected chi connectivity index (χ4v) is 2.91. The third-order valence-corrected chi connectivity index (χ3v) is 3.86. The van der Waals surface area contributed by atoms with E-state index >= 15 is 0 Å². The van der Waals surface area contributed by atoms with Gasteiger partial charge in [0.15, 0.2) is 0 Å². The van der Waals surface area contributed by atoms with Crippen molar-refractivity contribution in [1.29, 1.82) is 0 Å². The maximum atomic E-state index is 11.8. The Labute approximate surface area is 102 Å². The lowest BCUT2D eigenvalue weighted by molar-refractivity contribution is -0.118. The fraction of sp³-hybridized carbons (Fsp3) is 0.500. The molecule has 0 aromatic heterocycles. The highest BCUT2D eigenvalue weighted by Gasteiger charge is 2.26. The molecule has 2 heterocycles. The summed E-state index contributed by atoms with van der Waals surface area (Å²) in [6, 6.07) is 6.42. The number of hydrogen-bond acceptors (Lipinski definition) is 2. The number of amides is 1. The molecule has 0 radical (unpaired) electrons. The molecule has 1 fully saturated rings. The lowest BCUT2D eigenvalue weighted by Gasteiger charge is -2.31. The smallest absolute Gasteiger partial charge is 0.227 e. The zero-order chi connectivity index (χ0) is 11.8. The summed E-state index contributed by atoms with van der Waals surface area (Å²) in [7, 11) is 1.90. The second kappa shape index (κ2) is 4.06. The van der Waals surface area contributed by atoms with E-state index in [0.29, 0.717) is 6.42 Å². The van der Waals surface area contributed by atoms with Gasteiger partial charge in [-0.2, -0.15) is 0 Å². The SMILES string of the molecule is CN1C(=O)CCc2cccc(N3CCCC3)c21. The van der Waals surface area contributed by atoms with Gasteiger partial charge >= 0.3 is 0 Å². The molecule has 0 N–H and O–H groups in total. The molecule has 0 unspecified atom stereocenters. The molecule has 0 saturated carbocycles. The average Bonchev–Trinajstić information content (AvgIpc) is 2.87. The molecule has 0 bridgehead atoms. The van der Waals surface area contributed by atoms with Crippen molar-refractivity contribution >= 4 is 17.3 Å². The van der Waals surface area contributed by atoms with E-state index in [-0.39, 0.29) is 5.91 Å². The molecule has 3 heteroatoms. The third kappa shape index (κ3) is 1.70. The molecule has 3 rings (SSSR count). The molecule has 17 heavy (non-hydrogen) atoms. The Hall–Kier alpha value is -1.51. The van der Waals surface area contributed by atoms with Crippen LogP contribution < -0.4 is 9.80 Å². The molecule has 1 amide bonds. The van der Waals surface area contributed by atoms with Crippen LogP contribution in [0.15, 0.2) is 18.2 Å². The zero-order valence-corrected chi connectivity index (χ0v) is 10.3. The Bertz CT molecular complexity index is 450. The number of aryl methyl sites for hydroxylation is 1. The van der Waals surface area contributed by atoms with Gasteiger partial charge in [-0.05, 0) is 30.9 Å². The van der Waals surface area contributed by atoms with Crippen molar-refractivity contribution in [3.8, 4) is 0 Å². The summed E-state index contributed by atoms with van der Waals surface area (Å²) in [5.41, 5.74) is 3.71. The average molecular weight is 230 g/mol. The largest absolute Gasteiger partial charge is 0.370 e. The fourth-order valence-electron chi connectivity index (χ4n) is 2.91. The molecular weight excluding hydrogens is 212 g/mol. The summed E-state index contributed by atoms with van der Waals surface area (Å²) < 4.78 is 0. The van der Waals surface area contributed by atoms with E-state index in [1.54, 1.807) is 0 Å². The van der Waals surface area contributed by atoms with Crippen LogP contribution in [0.2, 0.25) is 0 Å². The molecule has 0 aliphatic carbocycles. The van der Waals surface area contributed by atoms with Crippen LogP contribution in [0.5, 0.6) is 0 Å². The Morgan fingerprint density at radius 1 is 1.12 bits per heavy atom. The van der Waals surface area contributed by atoms with Crippen molar-refractivity contribution in [1.82, 2.24) is 0 Å². The van der Waals surface area contributed by atoms with E-state index in [1.165, 1.54) is 24.1 Å². The number of carbonyl (C=O) groups is 1. The first-order valence-corrected chi connectivity index (χ1v) is 6.41. The van der Waals surface area contributed by atoms with E-state index in [4.69, 9.17) is 0 Å². The summed E-state index contributed by atoms with van der Waals surface area (Å²) in [6.07, 6.45) is 4.07. The molecule has 0 atom stereocenters. The van der Waals surface area contributed by atoms with Crippen LogP contribution in [0.1, 0.15) is 24.8 Å². The monoisotopic (exact) mass is 230 g/mol. The Morgan fingerprint density at radius 3 is 2.65 bits per heavy atom. The standard InChI is InChI=1S/C14H18N2O/c1-15-13(17)8-7-11-5-4-6-12(14(11)15)16-9-2-3-10-16/h4-6H,2-3,7-10H2,1H3. The maximum Gasteiger partial charge on any atom is 0.227 e. The zero-order valence-electron chi connectivity index (χ0n) is 10.3. The van der Waals surface area contributed by atoms with Crippen molar-refractivity contribution in [2.75, 3.05) is 29.9 Å². The van der Waals surface area contributed by atoms with E-state index in [2.05, 4.69) is 23.1 Å². The molecule has 2 aliphatic rings. The molecule has 90 valence electrons. The van der Waals surface area contributed by atoms with Gasteiger partial charge in [0.2, 0.25) is 5.91 Å². The molecule has 2 aliphatic heterocycles. The van der Waals surface area contributed by atoms with Crippen LogP contribution in [0.4, 0.5) is 11.4 Å². The molecular formula is C14H18N2O. The van der Waals surface area contributed by atoms with Crippen molar-refractivity contribution in [3.05, 3.63) is 23.8 Å². The van der Waals surface area contributed by atoms with Crippen molar-refractivity contribution < 1.29 is 4.79 Å². The molecule has 1 saturated heterocycles. The van der Waals surface area contributed by atoms with E-state index in [0.717, 1.165) is 25.2 Å². The van der Waals surface area contributed by atoms with Crippen LogP contribution in [0.25, 0.3) is 0 Å². The van der Waals surface area contributed by atoms with Gasteiger partial charge in [0, 0.05) is 26.6 Å². The van der Waals surface area contributed by atoms with Crippen LogP contribution in [0.3, 0.4) is 0 Å². The second-order valence-corrected chi connectivity index (χ2v) is 4.93. The number of anilines is 2. The van der Waals surface area contributed by atoms with E-state index < -0.39 is 0 Å². The summed E-state index contributed by atoms with van der Waals surface area (Å²) in [4.78, 5) is 16.1. The van der Waals surface area contributed by atoms with Crippen LogP contribution in [0, 0.1) is 0 Å². The first-order valence-electron chi connectivity index (χ1n) is 6.41. The number of fused-ring (bicyclic) bond motifs is 1. The Balaban J connectivity index is 2.07. The van der Waals surface area contributed by atoms with Gasteiger partial charge in [0.05, 0.1) is 11.4 Å². The summed E-state index contributed by atoms with van der Waals surface area (Å²) in [6.45, 7) is 2.25. The number of benzene rings is 1. The molecule has 3 nitrogen and oxygen atoms in total. The molecule has 1 aromatic carbocycles. The quantitative estimate of drug-likeness (QED) is 0.738.